The van der Waals surface area contributed by atoms with E-state index in [-0.39, 0.29) is 20.1 Å². The number of ether oxygens (including phenoxy) is 2. The fourth-order valence-electron chi connectivity index (χ4n) is 2.09. The van der Waals surface area contributed by atoms with Crippen molar-refractivity contribution < 1.29 is 9.47 Å². The third kappa shape index (κ3) is 3.26. The van der Waals surface area contributed by atoms with E-state index in [2.05, 4.69) is 0 Å². The number of benzene rings is 2. The zero-order chi connectivity index (χ0) is 16.3. The Hall–Kier alpha value is -0.800. The highest BCUT2D eigenvalue weighted by Crippen LogP contribution is 2.51. The van der Waals surface area contributed by atoms with Gasteiger partial charge in [0.25, 0.3) is 0 Å². The highest BCUT2D eigenvalue weighted by Gasteiger charge is 2.24. The minimum atomic E-state index is 0.175. The second-order valence-electron chi connectivity index (χ2n) is 4.32. The average molecular weight is 380 g/mol. The quantitative estimate of drug-likeness (QED) is 0.421. The van der Waals surface area contributed by atoms with E-state index >= 15 is 0 Å². The highest BCUT2D eigenvalue weighted by atomic mass is 35.5. The van der Waals surface area contributed by atoms with E-state index in [1.807, 2.05) is 38.1 Å². The van der Waals surface area contributed by atoms with Crippen molar-refractivity contribution in [3.8, 4) is 22.6 Å². The van der Waals surface area contributed by atoms with Crippen LogP contribution in [0.3, 0.4) is 0 Å². The molecule has 0 unspecified atom stereocenters. The van der Waals surface area contributed by atoms with Gasteiger partial charge in [-0.1, -0.05) is 64.6 Å². The van der Waals surface area contributed by atoms with Crippen molar-refractivity contribution in [2.45, 2.75) is 13.8 Å². The van der Waals surface area contributed by atoms with E-state index in [4.69, 9.17) is 55.9 Å². The van der Waals surface area contributed by atoms with Crippen molar-refractivity contribution in [3.63, 3.8) is 0 Å². The summed E-state index contributed by atoms with van der Waals surface area (Å²) in [5, 5.41) is 0.887. The van der Waals surface area contributed by atoms with Gasteiger partial charge in [-0.2, -0.15) is 0 Å². The fraction of sp³-hybridized carbons (Fsp3) is 0.250. The van der Waals surface area contributed by atoms with Gasteiger partial charge in [0.1, 0.15) is 16.5 Å². The fourth-order valence-corrected chi connectivity index (χ4v) is 3.08. The predicted octanol–water partition coefficient (Wildman–Crippen LogP) is 6.76. The van der Waals surface area contributed by atoms with Gasteiger partial charge in [-0.3, -0.25) is 0 Å². The van der Waals surface area contributed by atoms with Crippen LogP contribution in [0.1, 0.15) is 13.8 Å². The van der Waals surface area contributed by atoms with Gasteiger partial charge in [-0.15, -0.1) is 0 Å². The molecule has 0 atom stereocenters. The first kappa shape index (κ1) is 17.6. The number of halogens is 4. The maximum atomic E-state index is 6.41. The van der Waals surface area contributed by atoms with E-state index in [9.17, 15) is 0 Å². The Labute approximate surface area is 149 Å². The molecule has 0 aliphatic carbocycles. The average Bonchev–Trinajstić information content (AvgIpc) is 2.52. The molecule has 2 aromatic carbocycles. The number of hydrogen-bond donors (Lipinski definition) is 0. The third-order valence-corrected chi connectivity index (χ3v) is 4.75. The Balaban J connectivity index is 2.79. The van der Waals surface area contributed by atoms with Crippen LogP contribution in [0.25, 0.3) is 11.1 Å². The second-order valence-corrected chi connectivity index (χ2v) is 5.83. The first-order valence-electron chi connectivity index (χ1n) is 6.73. The molecule has 0 saturated carbocycles. The lowest BCUT2D eigenvalue weighted by atomic mass is 10.0. The van der Waals surface area contributed by atoms with Crippen molar-refractivity contribution in [1.29, 1.82) is 0 Å². The first-order chi connectivity index (χ1) is 10.5. The number of rotatable bonds is 5. The number of hydrogen-bond acceptors (Lipinski definition) is 2. The molecule has 0 spiro atoms. The van der Waals surface area contributed by atoms with Crippen LogP contribution in [0, 0.1) is 0 Å². The zero-order valence-electron chi connectivity index (χ0n) is 12.1. The molecule has 0 radical (unpaired) electrons. The molecule has 0 N–H and O–H groups in total. The van der Waals surface area contributed by atoms with Gasteiger partial charge >= 0.3 is 0 Å². The Morgan fingerprint density at radius 2 is 1.36 bits per heavy atom. The van der Waals surface area contributed by atoms with Gasteiger partial charge < -0.3 is 9.47 Å². The molecule has 0 fully saturated rings. The Morgan fingerprint density at radius 1 is 0.773 bits per heavy atom. The minimum absolute atomic E-state index is 0.175. The SMILES string of the molecule is CCOc1ccccc1-c1c(Cl)c(Cl)c(Cl)c(Cl)c1OCC. The maximum absolute atomic E-state index is 6.41. The summed E-state index contributed by atoms with van der Waals surface area (Å²) < 4.78 is 11.3. The summed E-state index contributed by atoms with van der Waals surface area (Å²) >= 11 is 25.0. The van der Waals surface area contributed by atoms with Crippen molar-refractivity contribution in [2.24, 2.45) is 0 Å². The molecule has 0 saturated heterocycles. The lowest BCUT2D eigenvalue weighted by molar-refractivity contribution is 0.336. The lowest BCUT2D eigenvalue weighted by Gasteiger charge is -2.18. The second kappa shape index (κ2) is 7.65. The van der Waals surface area contributed by atoms with Crippen LogP contribution in [0.5, 0.6) is 11.5 Å². The summed E-state index contributed by atoms with van der Waals surface area (Å²) in [6, 6.07) is 7.47. The van der Waals surface area contributed by atoms with Crippen LogP contribution in [0.15, 0.2) is 24.3 Å². The van der Waals surface area contributed by atoms with Gasteiger partial charge in [0.15, 0.2) is 0 Å². The summed E-state index contributed by atoms with van der Waals surface area (Å²) in [5.41, 5.74) is 1.32. The molecular weight excluding hydrogens is 366 g/mol. The van der Waals surface area contributed by atoms with Gasteiger partial charge in [-0.25, -0.2) is 0 Å². The molecule has 22 heavy (non-hydrogen) atoms. The number of para-hydroxylation sites is 1. The Bertz CT molecular complexity index is 686. The third-order valence-electron chi connectivity index (χ3n) is 2.97. The summed E-state index contributed by atoms with van der Waals surface area (Å²) in [6.07, 6.45) is 0. The lowest BCUT2D eigenvalue weighted by Crippen LogP contribution is -1.99. The molecule has 2 nitrogen and oxygen atoms in total. The Morgan fingerprint density at radius 3 is 2.00 bits per heavy atom. The molecule has 118 valence electrons. The van der Waals surface area contributed by atoms with Crippen LogP contribution in [0.4, 0.5) is 0 Å². The molecule has 0 aromatic heterocycles. The highest BCUT2D eigenvalue weighted by molar-refractivity contribution is 6.53. The molecule has 0 heterocycles. The monoisotopic (exact) mass is 378 g/mol. The topological polar surface area (TPSA) is 18.5 Å². The molecule has 0 aliphatic heterocycles. The smallest absolute Gasteiger partial charge is 0.148 e. The van der Waals surface area contributed by atoms with Gasteiger partial charge in [0.2, 0.25) is 0 Å². The molecule has 0 amide bonds. The summed E-state index contributed by atoms with van der Waals surface area (Å²) in [7, 11) is 0. The van der Waals surface area contributed by atoms with Gasteiger partial charge in [-0.05, 0) is 19.9 Å². The largest absolute Gasteiger partial charge is 0.493 e. The summed E-state index contributed by atoms with van der Waals surface area (Å²) in [5.74, 6) is 1.07. The van der Waals surface area contributed by atoms with E-state index in [0.29, 0.717) is 30.3 Å². The van der Waals surface area contributed by atoms with Gasteiger partial charge in [0.05, 0.1) is 28.3 Å². The summed E-state index contributed by atoms with van der Waals surface area (Å²) in [6.45, 7) is 4.69. The van der Waals surface area contributed by atoms with E-state index in [1.165, 1.54) is 0 Å². The normalized spacial score (nSPS) is 10.6. The van der Waals surface area contributed by atoms with Crippen LogP contribution in [-0.4, -0.2) is 13.2 Å². The van der Waals surface area contributed by atoms with Crippen molar-refractivity contribution in [1.82, 2.24) is 0 Å². The van der Waals surface area contributed by atoms with Crippen LogP contribution < -0.4 is 9.47 Å². The van der Waals surface area contributed by atoms with Crippen LogP contribution >= 0.6 is 46.4 Å². The van der Waals surface area contributed by atoms with Crippen LogP contribution in [-0.2, 0) is 0 Å². The van der Waals surface area contributed by atoms with E-state index in [1.54, 1.807) is 0 Å². The maximum Gasteiger partial charge on any atom is 0.148 e. The van der Waals surface area contributed by atoms with Crippen molar-refractivity contribution in [2.75, 3.05) is 13.2 Å². The van der Waals surface area contributed by atoms with E-state index < -0.39 is 0 Å². The molecular formula is C16H14Cl4O2. The van der Waals surface area contributed by atoms with Crippen LogP contribution in [0.2, 0.25) is 20.1 Å². The molecule has 6 heteroatoms. The van der Waals surface area contributed by atoms with E-state index in [0.717, 1.165) is 5.56 Å². The Kier molecular flexibility index (Phi) is 6.10. The zero-order valence-corrected chi connectivity index (χ0v) is 15.1. The predicted molar refractivity (Wildman–Crippen MR) is 94.3 cm³/mol. The molecule has 2 rings (SSSR count). The summed E-state index contributed by atoms with van der Waals surface area (Å²) in [4.78, 5) is 0. The van der Waals surface area contributed by atoms with Crippen molar-refractivity contribution in [3.05, 3.63) is 44.4 Å². The minimum Gasteiger partial charge on any atom is -0.493 e. The standard InChI is InChI=1S/C16H14Cl4O2/c1-3-21-10-8-6-5-7-9(10)11-12(17)13(18)14(19)15(20)16(11)22-4-2/h5-8H,3-4H2,1-2H3. The molecule has 0 bridgehead atoms. The molecule has 2 aromatic rings. The van der Waals surface area contributed by atoms with Gasteiger partial charge in [0, 0.05) is 11.1 Å². The first-order valence-corrected chi connectivity index (χ1v) is 8.24. The molecule has 0 aliphatic rings. The van der Waals surface area contributed by atoms with Crippen molar-refractivity contribution >= 4 is 46.4 Å².